The number of nitrogens with zero attached hydrogens (tertiary/aromatic N) is 4. The molecule has 38 heavy (non-hydrogen) atoms. The summed E-state index contributed by atoms with van der Waals surface area (Å²) in [7, 11) is 0. The van der Waals surface area contributed by atoms with E-state index in [2.05, 4.69) is 25.3 Å². The zero-order valence-electron chi connectivity index (χ0n) is 22.3. The van der Waals surface area contributed by atoms with Crippen LogP contribution in [0.3, 0.4) is 0 Å². The maximum Gasteiger partial charge on any atom is 0.274 e. The van der Waals surface area contributed by atoms with Crippen molar-refractivity contribution in [2.75, 3.05) is 32.7 Å². The zero-order chi connectivity index (χ0) is 27.4. The highest BCUT2D eigenvalue weighted by molar-refractivity contribution is 6.35. The molecule has 1 aliphatic rings. The van der Waals surface area contributed by atoms with Crippen LogP contribution in [-0.2, 0) is 0 Å². The number of benzene rings is 2. The molecule has 1 fully saturated rings. The topological polar surface area (TPSA) is 41.4 Å². The molecule has 0 spiro atoms. The minimum absolute atomic E-state index is 0.0637. The average Bonchev–Trinajstić information content (AvgIpc) is 3.24. The normalized spacial score (nSPS) is 15.9. The Morgan fingerprint density at radius 1 is 1.05 bits per heavy atom. The van der Waals surface area contributed by atoms with E-state index in [0.29, 0.717) is 39.5 Å². The molecule has 1 atom stereocenters. The summed E-state index contributed by atoms with van der Waals surface area (Å²) in [5.41, 5.74) is 3.86. The van der Waals surface area contributed by atoms with Crippen molar-refractivity contribution in [1.82, 2.24) is 19.6 Å². The SMILES string of the molecule is C=CCC(C)(CC)CCN1CCN(C(=O)c2nn(-c3ccc(Cl)cc3Cl)c(-c3ccc(Cl)cc3)c2C)CC1. The fourth-order valence-corrected chi connectivity index (χ4v) is 5.61. The minimum Gasteiger partial charge on any atom is -0.335 e. The van der Waals surface area contributed by atoms with Gasteiger partial charge in [-0.05, 0) is 62.1 Å². The third kappa shape index (κ3) is 6.28. The van der Waals surface area contributed by atoms with Gasteiger partial charge in [-0.15, -0.1) is 6.58 Å². The number of allylic oxidation sites excluding steroid dienone is 1. The van der Waals surface area contributed by atoms with Crippen LogP contribution in [0, 0.1) is 12.3 Å². The maximum absolute atomic E-state index is 13.7. The largest absolute Gasteiger partial charge is 0.335 e. The van der Waals surface area contributed by atoms with Crippen LogP contribution >= 0.6 is 34.8 Å². The van der Waals surface area contributed by atoms with Crippen molar-refractivity contribution in [2.45, 2.75) is 40.0 Å². The van der Waals surface area contributed by atoms with Gasteiger partial charge in [-0.3, -0.25) is 9.69 Å². The molecule has 0 saturated carbocycles. The zero-order valence-corrected chi connectivity index (χ0v) is 24.6. The van der Waals surface area contributed by atoms with Crippen molar-refractivity contribution in [3.8, 4) is 16.9 Å². The fraction of sp³-hybridized carbons (Fsp3) is 0.400. The number of piperazine rings is 1. The maximum atomic E-state index is 13.7. The van der Waals surface area contributed by atoms with Crippen LogP contribution in [0.5, 0.6) is 0 Å². The first-order valence-corrected chi connectivity index (χ1v) is 14.2. The molecule has 5 nitrogen and oxygen atoms in total. The third-order valence-electron chi connectivity index (χ3n) is 7.76. The molecular formula is C30H35Cl3N4O. The Kier molecular flexibility index (Phi) is 9.25. The van der Waals surface area contributed by atoms with E-state index in [-0.39, 0.29) is 11.3 Å². The molecule has 1 aliphatic heterocycles. The van der Waals surface area contributed by atoms with Crippen LogP contribution in [0.15, 0.2) is 55.1 Å². The first-order valence-electron chi connectivity index (χ1n) is 13.1. The molecule has 0 bridgehead atoms. The van der Waals surface area contributed by atoms with Gasteiger partial charge < -0.3 is 4.90 Å². The van der Waals surface area contributed by atoms with Gasteiger partial charge in [0.25, 0.3) is 5.91 Å². The highest BCUT2D eigenvalue weighted by Gasteiger charge is 2.29. The van der Waals surface area contributed by atoms with Crippen LogP contribution in [-0.4, -0.2) is 58.2 Å². The molecule has 0 N–H and O–H groups in total. The predicted molar refractivity (Wildman–Crippen MR) is 159 cm³/mol. The Morgan fingerprint density at radius 2 is 1.71 bits per heavy atom. The second-order valence-corrected chi connectivity index (χ2v) is 11.7. The van der Waals surface area contributed by atoms with E-state index >= 15 is 0 Å². The average molecular weight is 574 g/mol. The molecule has 8 heteroatoms. The number of rotatable bonds is 9. The standard InChI is InChI=1S/C30H35Cl3N4O/c1-5-13-30(4,6-2)14-15-35-16-18-36(19-17-35)29(38)27-21(3)28(22-7-9-23(31)10-8-22)37(34-27)26-12-11-24(32)20-25(26)33/h5,7-12,20H,1,6,13-19H2,2-4H3. The Balaban J connectivity index is 1.57. The summed E-state index contributed by atoms with van der Waals surface area (Å²) in [5, 5.41) is 6.44. The van der Waals surface area contributed by atoms with E-state index in [1.807, 2.05) is 48.2 Å². The molecule has 1 aromatic heterocycles. The lowest BCUT2D eigenvalue weighted by Gasteiger charge is -2.37. The predicted octanol–water partition coefficient (Wildman–Crippen LogP) is 7.95. The molecule has 2 heterocycles. The third-order valence-corrected chi connectivity index (χ3v) is 8.55. The molecule has 1 unspecified atom stereocenters. The Bertz CT molecular complexity index is 1300. The summed E-state index contributed by atoms with van der Waals surface area (Å²) in [5.74, 6) is -0.0637. The summed E-state index contributed by atoms with van der Waals surface area (Å²) in [6.45, 7) is 14.5. The lowest BCUT2D eigenvalue weighted by molar-refractivity contribution is 0.0610. The quantitative estimate of drug-likeness (QED) is 0.244. The van der Waals surface area contributed by atoms with Crippen LogP contribution in [0.25, 0.3) is 16.9 Å². The number of aromatic nitrogens is 2. The van der Waals surface area contributed by atoms with Crippen LogP contribution in [0.2, 0.25) is 15.1 Å². The first kappa shape index (κ1) is 28.7. The van der Waals surface area contributed by atoms with Gasteiger partial charge in [-0.25, -0.2) is 4.68 Å². The summed E-state index contributed by atoms with van der Waals surface area (Å²) in [6, 6.07) is 12.8. The van der Waals surface area contributed by atoms with Gasteiger partial charge in [0.05, 0.1) is 16.4 Å². The van der Waals surface area contributed by atoms with Gasteiger partial charge in [-0.2, -0.15) is 5.10 Å². The molecule has 3 aromatic rings. The van der Waals surface area contributed by atoms with Crippen molar-refractivity contribution in [3.63, 3.8) is 0 Å². The van der Waals surface area contributed by atoms with E-state index in [1.54, 1.807) is 16.8 Å². The van der Waals surface area contributed by atoms with Crippen LogP contribution < -0.4 is 0 Å². The number of hydrogen-bond donors (Lipinski definition) is 0. The number of amides is 1. The fourth-order valence-electron chi connectivity index (χ4n) is 5.00. The summed E-state index contributed by atoms with van der Waals surface area (Å²) in [6.07, 6.45) is 5.31. The molecule has 1 saturated heterocycles. The summed E-state index contributed by atoms with van der Waals surface area (Å²) in [4.78, 5) is 18.1. The molecule has 0 radical (unpaired) electrons. The van der Waals surface area contributed by atoms with Crippen molar-refractivity contribution in [2.24, 2.45) is 5.41 Å². The van der Waals surface area contributed by atoms with E-state index in [9.17, 15) is 4.79 Å². The van der Waals surface area contributed by atoms with Crippen LogP contribution in [0.4, 0.5) is 0 Å². The number of carbonyl (C=O) groups excluding carboxylic acids is 1. The van der Waals surface area contributed by atoms with E-state index in [0.717, 1.165) is 55.7 Å². The molecule has 1 amide bonds. The molecule has 4 rings (SSSR count). The van der Waals surface area contributed by atoms with Crippen molar-refractivity contribution < 1.29 is 4.79 Å². The summed E-state index contributed by atoms with van der Waals surface area (Å²) >= 11 is 18.9. The second-order valence-electron chi connectivity index (χ2n) is 10.4. The Morgan fingerprint density at radius 3 is 2.32 bits per heavy atom. The van der Waals surface area contributed by atoms with E-state index in [4.69, 9.17) is 39.9 Å². The minimum atomic E-state index is -0.0637. The Hall–Kier alpha value is -2.31. The Labute approximate surface area is 241 Å². The second kappa shape index (κ2) is 12.3. The van der Waals surface area contributed by atoms with Crippen molar-refractivity contribution in [3.05, 3.63) is 81.4 Å². The lowest BCUT2D eigenvalue weighted by Crippen LogP contribution is -2.49. The molecule has 2 aromatic carbocycles. The molecule has 202 valence electrons. The van der Waals surface area contributed by atoms with E-state index in [1.165, 1.54) is 0 Å². The first-order chi connectivity index (χ1) is 18.2. The van der Waals surface area contributed by atoms with Crippen molar-refractivity contribution >= 4 is 40.7 Å². The summed E-state index contributed by atoms with van der Waals surface area (Å²) < 4.78 is 1.74. The monoisotopic (exact) mass is 572 g/mol. The van der Waals surface area contributed by atoms with E-state index < -0.39 is 0 Å². The van der Waals surface area contributed by atoms with Gasteiger partial charge in [0.2, 0.25) is 0 Å². The molecule has 0 aliphatic carbocycles. The smallest absolute Gasteiger partial charge is 0.274 e. The van der Waals surface area contributed by atoms with Gasteiger partial charge in [0.1, 0.15) is 0 Å². The van der Waals surface area contributed by atoms with Crippen molar-refractivity contribution in [1.29, 1.82) is 0 Å². The van der Waals surface area contributed by atoms with Gasteiger partial charge in [0, 0.05) is 47.4 Å². The van der Waals surface area contributed by atoms with Gasteiger partial charge in [0.15, 0.2) is 5.69 Å². The highest BCUT2D eigenvalue weighted by Crippen LogP contribution is 2.34. The lowest BCUT2D eigenvalue weighted by atomic mass is 9.80. The number of hydrogen-bond acceptors (Lipinski definition) is 3. The highest BCUT2D eigenvalue weighted by atomic mass is 35.5. The van der Waals surface area contributed by atoms with Gasteiger partial charge in [-0.1, -0.05) is 73.3 Å². The van der Waals surface area contributed by atoms with Gasteiger partial charge >= 0.3 is 0 Å². The molecular weight excluding hydrogens is 539 g/mol. The number of halogens is 3. The number of carbonyl (C=O) groups is 1. The van der Waals surface area contributed by atoms with Crippen LogP contribution in [0.1, 0.15) is 49.2 Å².